The van der Waals surface area contributed by atoms with E-state index in [9.17, 15) is 14.7 Å². The van der Waals surface area contributed by atoms with Crippen molar-refractivity contribution in [2.24, 2.45) is 5.41 Å². The Bertz CT molecular complexity index is 1000. The van der Waals surface area contributed by atoms with Crippen molar-refractivity contribution in [2.75, 3.05) is 6.54 Å². The van der Waals surface area contributed by atoms with E-state index in [1.807, 2.05) is 78.2 Å². The van der Waals surface area contributed by atoms with Gasteiger partial charge in [-0.15, -0.1) is 11.3 Å². The van der Waals surface area contributed by atoms with E-state index in [-0.39, 0.29) is 35.7 Å². The Balaban J connectivity index is 1.68. The predicted molar refractivity (Wildman–Crippen MR) is 136 cm³/mol. The zero-order chi connectivity index (χ0) is 25.3. The number of aliphatic hydroxyl groups excluding tert-OH is 1. The van der Waals surface area contributed by atoms with Crippen LogP contribution in [-0.4, -0.2) is 57.1 Å². The molecule has 1 aliphatic rings. The molecule has 2 amide bonds. The molecule has 1 unspecified atom stereocenters. The zero-order valence-electron chi connectivity index (χ0n) is 21.3. The monoisotopic (exact) mass is 486 g/mol. The van der Waals surface area contributed by atoms with E-state index < -0.39 is 18.2 Å². The molecule has 0 bridgehead atoms. The van der Waals surface area contributed by atoms with Crippen molar-refractivity contribution in [1.29, 1.82) is 0 Å². The Morgan fingerprint density at radius 3 is 2.35 bits per heavy atom. The molecule has 3 atom stereocenters. The highest BCUT2D eigenvalue weighted by Gasteiger charge is 2.44. The van der Waals surface area contributed by atoms with E-state index in [4.69, 9.17) is 0 Å². The lowest BCUT2D eigenvalue weighted by Crippen LogP contribution is -2.60. The molecule has 0 saturated carbocycles. The van der Waals surface area contributed by atoms with Gasteiger partial charge in [-0.1, -0.05) is 45.0 Å². The van der Waals surface area contributed by atoms with Gasteiger partial charge in [0.1, 0.15) is 6.04 Å². The summed E-state index contributed by atoms with van der Waals surface area (Å²) in [5.74, 6) is -0.390. The Morgan fingerprint density at radius 1 is 1.18 bits per heavy atom. The van der Waals surface area contributed by atoms with Crippen LogP contribution >= 0.6 is 11.3 Å². The standard InChI is InChI=1S/C26H38N4O3S/c1-16-21(34-15-28-16)18-10-8-17(9-11-18)13-27-23(32)20-12-19(31)14-30(20)24(33)22(25(2,3)4)29-26(5,6)7/h8-11,15,19-20,22,29,31H,12-14H2,1-7H3,(H,27,32)/t19-,20+,22?/m0/s1. The number of aliphatic hydroxyl groups is 1. The van der Waals surface area contributed by atoms with E-state index in [1.54, 1.807) is 16.2 Å². The second-order valence-corrected chi connectivity index (χ2v) is 12.1. The summed E-state index contributed by atoms with van der Waals surface area (Å²) in [5.41, 5.74) is 4.29. The maximum atomic E-state index is 13.6. The molecular weight excluding hydrogens is 448 g/mol. The molecule has 3 N–H and O–H groups in total. The molecule has 2 aromatic rings. The number of aromatic nitrogens is 1. The molecule has 0 aliphatic carbocycles. The molecule has 186 valence electrons. The Morgan fingerprint density at radius 2 is 1.82 bits per heavy atom. The van der Waals surface area contributed by atoms with Gasteiger partial charge >= 0.3 is 0 Å². The molecular formula is C26H38N4O3S. The Labute approximate surface area is 207 Å². The highest BCUT2D eigenvalue weighted by Crippen LogP contribution is 2.29. The van der Waals surface area contributed by atoms with E-state index in [1.165, 1.54) is 0 Å². The molecule has 34 heavy (non-hydrogen) atoms. The second-order valence-electron chi connectivity index (χ2n) is 11.3. The van der Waals surface area contributed by atoms with Crippen LogP contribution < -0.4 is 10.6 Å². The third-order valence-electron chi connectivity index (χ3n) is 5.98. The number of nitrogens with zero attached hydrogens (tertiary/aromatic N) is 2. The summed E-state index contributed by atoms with van der Waals surface area (Å²) in [6.45, 7) is 14.6. The minimum absolute atomic E-state index is 0.150. The van der Waals surface area contributed by atoms with Crippen molar-refractivity contribution in [2.45, 2.75) is 85.2 Å². The highest BCUT2D eigenvalue weighted by molar-refractivity contribution is 7.13. The van der Waals surface area contributed by atoms with Gasteiger partial charge in [-0.2, -0.15) is 0 Å². The van der Waals surface area contributed by atoms with Gasteiger partial charge in [0.25, 0.3) is 0 Å². The van der Waals surface area contributed by atoms with Gasteiger partial charge in [0.15, 0.2) is 0 Å². The number of thiazole rings is 1. The fourth-order valence-corrected chi connectivity index (χ4v) is 5.02. The summed E-state index contributed by atoms with van der Waals surface area (Å²) in [5, 5.41) is 16.7. The zero-order valence-corrected chi connectivity index (χ0v) is 22.1. The second kappa shape index (κ2) is 10.1. The van der Waals surface area contributed by atoms with Gasteiger partial charge in [-0.25, -0.2) is 4.98 Å². The topological polar surface area (TPSA) is 94.6 Å². The van der Waals surface area contributed by atoms with Gasteiger partial charge in [0.05, 0.1) is 28.2 Å². The summed E-state index contributed by atoms with van der Waals surface area (Å²) in [4.78, 5) is 33.6. The quantitative estimate of drug-likeness (QED) is 0.581. The van der Waals surface area contributed by atoms with Crippen LogP contribution in [0.2, 0.25) is 0 Å². The third kappa shape index (κ3) is 6.43. The fourth-order valence-electron chi connectivity index (χ4n) is 4.21. The number of rotatable bonds is 6. The summed E-state index contributed by atoms with van der Waals surface area (Å²) in [6.07, 6.45) is -0.468. The maximum Gasteiger partial charge on any atom is 0.243 e. The van der Waals surface area contributed by atoms with Crippen molar-refractivity contribution in [1.82, 2.24) is 20.5 Å². The largest absolute Gasteiger partial charge is 0.391 e. The van der Waals surface area contributed by atoms with E-state index >= 15 is 0 Å². The maximum absolute atomic E-state index is 13.6. The van der Waals surface area contributed by atoms with Crippen LogP contribution in [0.4, 0.5) is 0 Å². The smallest absolute Gasteiger partial charge is 0.243 e. The third-order valence-corrected chi connectivity index (χ3v) is 6.96. The van der Waals surface area contributed by atoms with Crippen molar-refractivity contribution in [3.8, 4) is 10.4 Å². The summed E-state index contributed by atoms with van der Waals surface area (Å²) in [6, 6.07) is 6.88. The number of benzene rings is 1. The highest BCUT2D eigenvalue weighted by atomic mass is 32.1. The summed E-state index contributed by atoms with van der Waals surface area (Å²) >= 11 is 1.61. The van der Waals surface area contributed by atoms with E-state index in [2.05, 4.69) is 15.6 Å². The number of carbonyl (C=O) groups excluding carboxylic acids is 2. The van der Waals surface area contributed by atoms with Gasteiger partial charge in [0, 0.05) is 25.0 Å². The Kier molecular flexibility index (Phi) is 7.85. The lowest BCUT2D eigenvalue weighted by atomic mass is 9.84. The lowest BCUT2D eigenvalue weighted by molar-refractivity contribution is -0.142. The van der Waals surface area contributed by atoms with Crippen molar-refractivity contribution >= 4 is 23.2 Å². The molecule has 0 spiro atoms. The molecule has 0 radical (unpaired) electrons. The number of hydrogen-bond acceptors (Lipinski definition) is 6. The fraction of sp³-hybridized carbons (Fsp3) is 0.577. The van der Waals surface area contributed by atoms with Gasteiger partial charge in [-0.3, -0.25) is 9.59 Å². The molecule has 1 aromatic heterocycles. The first-order valence-electron chi connectivity index (χ1n) is 11.8. The van der Waals surface area contributed by atoms with Gasteiger partial charge in [0.2, 0.25) is 11.8 Å². The van der Waals surface area contributed by atoms with E-state index in [0.29, 0.717) is 6.54 Å². The number of aryl methyl sites for hydroxylation is 1. The summed E-state index contributed by atoms with van der Waals surface area (Å²) in [7, 11) is 0. The average molecular weight is 487 g/mol. The SMILES string of the molecule is Cc1ncsc1-c1ccc(CNC(=O)[C@H]2C[C@H](O)CN2C(=O)C(NC(C)(C)C)C(C)(C)C)cc1. The van der Waals surface area contributed by atoms with Gasteiger partial charge < -0.3 is 20.6 Å². The normalized spacial score (nSPS) is 19.8. The minimum atomic E-state index is -0.711. The molecule has 1 saturated heterocycles. The van der Waals surface area contributed by atoms with Crippen LogP contribution in [0, 0.1) is 12.3 Å². The lowest BCUT2D eigenvalue weighted by Gasteiger charge is -2.39. The van der Waals surface area contributed by atoms with Crippen LogP contribution in [-0.2, 0) is 16.1 Å². The van der Waals surface area contributed by atoms with Crippen molar-refractivity contribution in [3.05, 3.63) is 41.0 Å². The first kappa shape index (κ1) is 26.3. The first-order chi connectivity index (χ1) is 15.8. The number of β-amino-alcohol motifs (C(OH)–C–C–N with tert-alkyl or cyclic N) is 1. The van der Waals surface area contributed by atoms with Crippen molar-refractivity contribution in [3.63, 3.8) is 0 Å². The minimum Gasteiger partial charge on any atom is -0.391 e. The molecule has 1 aromatic carbocycles. The molecule has 7 nitrogen and oxygen atoms in total. The Hall–Kier alpha value is -2.29. The van der Waals surface area contributed by atoms with Crippen LogP contribution in [0.3, 0.4) is 0 Å². The van der Waals surface area contributed by atoms with Crippen LogP contribution in [0.15, 0.2) is 29.8 Å². The predicted octanol–water partition coefficient (Wildman–Crippen LogP) is 3.50. The van der Waals surface area contributed by atoms with Gasteiger partial charge in [-0.05, 0) is 44.2 Å². The van der Waals surface area contributed by atoms with Crippen LogP contribution in [0.25, 0.3) is 10.4 Å². The number of amides is 2. The van der Waals surface area contributed by atoms with Crippen molar-refractivity contribution < 1.29 is 14.7 Å². The number of likely N-dealkylation sites (tertiary alicyclic amines) is 1. The van der Waals surface area contributed by atoms with Crippen LogP contribution in [0.1, 0.15) is 59.2 Å². The molecule has 8 heteroatoms. The number of hydrogen-bond donors (Lipinski definition) is 3. The average Bonchev–Trinajstić information content (AvgIpc) is 3.34. The molecule has 1 fully saturated rings. The van der Waals surface area contributed by atoms with Crippen LogP contribution in [0.5, 0.6) is 0 Å². The molecule has 3 rings (SSSR count). The number of nitrogens with one attached hydrogen (secondary N) is 2. The van der Waals surface area contributed by atoms with E-state index in [0.717, 1.165) is 21.7 Å². The number of carbonyl (C=O) groups is 2. The molecule has 1 aliphatic heterocycles. The molecule has 2 heterocycles. The first-order valence-corrected chi connectivity index (χ1v) is 12.7. The summed E-state index contributed by atoms with van der Waals surface area (Å²) < 4.78 is 0.